The number of carbonyl (C=O) groups is 3. The molecule has 1 aliphatic rings. The molecule has 0 N–H and O–H groups in total. The third kappa shape index (κ3) is 5.39. The van der Waals surface area contributed by atoms with Crippen LogP contribution in [-0.2, 0) is 11.3 Å². The van der Waals surface area contributed by atoms with Crippen LogP contribution >= 0.6 is 23.4 Å². The van der Waals surface area contributed by atoms with Crippen LogP contribution in [0, 0.1) is 15.9 Å². The van der Waals surface area contributed by atoms with Gasteiger partial charge in [-0.25, -0.2) is 9.18 Å². The van der Waals surface area contributed by atoms with Crippen molar-refractivity contribution in [2.24, 2.45) is 0 Å². The van der Waals surface area contributed by atoms with Crippen LogP contribution < -0.4 is 4.74 Å². The number of nitro benzene ring substituents is 1. The lowest BCUT2D eigenvalue weighted by molar-refractivity contribution is -0.384. The Morgan fingerprint density at radius 2 is 1.83 bits per heavy atom. The third-order valence-corrected chi connectivity index (χ3v) is 6.19. The zero-order valence-corrected chi connectivity index (χ0v) is 19.2. The summed E-state index contributed by atoms with van der Waals surface area (Å²) in [5.74, 6) is -1.79. The number of thioether (sulfide) groups is 1. The van der Waals surface area contributed by atoms with Crippen molar-refractivity contribution in [3.8, 4) is 5.75 Å². The molecular weight excluding hydrogens is 499 g/mol. The largest absolute Gasteiger partial charge is 0.423 e. The minimum atomic E-state index is -0.769. The lowest BCUT2D eigenvalue weighted by atomic mass is 10.1. The van der Waals surface area contributed by atoms with Gasteiger partial charge in [0.15, 0.2) is 0 Å². The van der Waals surface area contributed by atoms with Gasteiger partial charge in [-0.15, -0.1) is 0 Å². The predicted octanol–water partition coefficient (Wildman–Crippen LogP) is 5.84. The average Bonchev–Trinajstić information content (AvgIpc) is 3.09. The SMILES string of the molecule is O=C(Oc1ccc(/C=C2\SC(=O)N(Cc3c(F)cccc3Cl)C2=O)cc1)c1cccc([N+](=O)[O-])c1. The highest BCUT2D eigenvalue weighted by Crippen LogP contribution is 2.34. The first kappa shape index (κ1) is 24.1. The molecule has 1 heterocycles. The van der Waals surface area contributed by atoms with Crippen molar-refractivity contribution in [3.05, 3.63) is 109 Å². The molecular formula is C24H14ClFN2O6S. The van der Waals surface area contributed by atoms with Crippen molar-refractivity contribution in [2.45, 2.75) is 6.54 Å². The number of benzene rings is 3. The molecule has 1 fully saturated rings. The van der Waals surface area contributed by atoms with Crippen LogP contribution in [0.15, 0.2) is 71.6 Å². The number of halogens is 2. The molecule has 176 valence electrons. The first-order valence-corrected chi connectivity index (χ1v) is 11.2. The number of non-ortho nitro benzene ring substituents is 1. The number of rotatable bonds is 6. The van der Waals surface area contributed by atoms with E-state index in [4.69, 9.17) is 16.3 Å². The Bertz CT molecular complexity index is 1370. The molecule has 3 aromatic rings. The Hall–Kier alpha value is -4.02. The standard InChI is InChI=1S/C24H14ClFN2O6S/c25-19-5-2-6-20(26)18(19)13-27-22(29)21(35-24(27)31)11-14-7-9-17(10-8-14)34-23(30)15-3-1-4-16(12-15)28(32)33/h1-12H,13H2/b21-11-. The number of imide groups is 1. The summed E-state index contributed by atoms with van der Waals surface area (Å²) in [5, 5.41) is 10.4. The van der Waals surface area contributed by atoms with E-state index in [-0.39, 0.29) is 39.0 Å². The van der Waals surface area contributed by atoms with Crippen molar-refractivity contribution in [1.29, 1.82) is 0 Å². The Morgan fingerprint density at radius 3 is 2.51 bits per heavy atom. The molecule has 0 radical (unpaired) electrons. The number of nitro groups is 1. The van der Waals surface area contributed by atoms with E-state index in [1.165, 1.54) is 54.6 Å². The Kier molecular flexibility index (Phi) is 6.94. The van der Waals surface area contributed by atoms with Crippen LogP contribution in [0.4, 0.5) is 14.9 Å². The average molecular weight is 513 g/mol. The molecule has 8 nitrogen and oxygen atoms in total. The first-order valence-electron chi connectivity index (χ1n) is 9.98. The highest BCUT2D eigenvalue weighted by Gasteiger charge is 2.35. The Labute approximate surface area is 207 Å². The molecule has 0 unspecified atom stereocenters. The highest BCUT2D eigenvalue weighted by molar-refractivity contribution is 8.18. The first-order chi connectivity index (χ1) is 16.7. The zero-order chi connectivity index (χ0) is 25.1. The summed E-state index contributed by atoms with van der Waals surface area (Å²) in [6, 6.07) is 15.3. The second-order valence-electron chi connectivity index (χ2n) is 7.23. The minimum Gasteiger partial charge on any atom is -0.423 e. The maximum atomic E-state index is 14.1. The van der Waals surface area contributed by atoms with Crippen LogP contribution in [-0.4, -0.2) is 26.9 Å². The monoisotopic (exact) mass is 512 g/mol. The van der Waals surface area contributed by atoms with E-state index >= 15 is 0 Å². The smallest absolute Gasteiger partial charge is 0.343 e. The summed E-state index contributed by atoms with van der Waals surface area (Å²) in [6.45, 7) is -0.292. The van der Waals surface area contributed by atoms with Crippen LogP contribution in [0.3, 0.4) is 0 Å². The summed E-state index contributed by atoms with van der Waals surface area (Å²) in [4.78, 5) is 48.7. The van der Waals surface area contributed by atoms with Crippen molar-refractivity contribution in [2.75, 3.05) is 0 Å². The summed E-state index contributed by atoms with van der Waals surface area (Å²) < 4.78 is 19.3. The van der Waals surface area contributed by atoms with Gasteiger partial charge in [0.05, 0.1) is 21.9 Å². The van der Waals surface area contributed by atoms with Crippen LogP contribution in [0.1, 0.15) is 21.5 Å². The molecule has 2 amide bonds. The van der Waals surface area contributed by atoms with Crippen molar-refractivity contribution < 1.29 is 28.4 Å². The summed E-state index contributed by atoms with van der Waals surface area (Å²) >= 11 is 6.72. The number of esters is 1. The lowest BCUT2D eigenvalue weighted by Crippen LogP contribution is -2.28. The highest BCUT2D eigenvalue weighted by atomic mass is 35.5. The molecule has 35 heavy (non-hydrogen) atoms. The third-order valence-electron chi connectivity index (χ3n) is 4.93. The van der Waals surface area contributed by atoms with Gasteiger partial charge in [0, 0.05) is 22.7 Å². The predicted molar refractivity (Wildman–Crippen MR) is 127 cm³/mol. The number of carbonyl (C=O) groups excluding carboxylic acids is 3. The van der Waals surface area contributed by atoms with Gasteiger partial charge in [0.25, 0.3) is 16.8 Å². The second kappa shape index (κ2) is 10.1. The fourth-order valence-corrected chi connectivity index (χ4v) is 4.23. The quantitative estimate of drug-likeness (QED) is 0.134. The molecule has 0 saturated carbocycles. The van der Waals surface area contributed by atoms with Gasteiger partial charge in [-0.2, -0.15) is 0 Å². The second-order valence-corrected chi connectivity index (χ2v) is 8.63. The topological polar surface area (TPSA) is 107 Å². The molecule has 11 heteroatoms. The molecule has 3 aromatic carbocycles. The van der Waals surface area contributed by atoms with Crippen LogP contribution in [0.25, 0.3) is 6.08 Å². The fourth-order valence-electron chi connectivity index (χ4n) is 3.17. The number of amides is 2. The van der Waals surface area contributed by atoms with Crippen molar-refractivity contribution >= 4 is 52.2 Å². The van der Waals surface area contributed by atoms with Gasteiger partial charge in [0.2, 0.25) is 0 Å². The van der Waals surface area contributed by atoms with Gasteiger partial charge >= 0.3 is 5.97 Å². The minimum absolute atomic E-state index is 0.0203. The van der Waals surface area contributed by atoms with E-state index in [0.29, 0.717) is 17.3 Å². The Balaban J connectivity index is 1.45. The molecule has 1 aliphatic heterocycles. The number of nitrogens with zero attached hydrogens (tertiary/aromatic N) is 2. The maximum absolute atomic E-state index is 14.1. The molecule has 0 aromatic heterocycles. The van der Waals surface area contributed by atoms with Gasteiger partial charge in [-0.1, -0.05) is 35.9 Å². The van der Waals surface area contributed by atoms with E-state index in [1.807, 2.05) is 0 Å². The zero-order valence-electron chi connectivity index (χ0n) is 17.6. The maximum Gasteiger partial charge on any atom is 0.343 e. The van der Waals surface area contributed by atoms with E-state index in [0.717, 1.165) is 11.0 Å². The molecule has 4 rings (SSSR count). The number of hydrogen-bond donors (Lipinski definition) is 0. The van der Waals surface area contributed by atoms with Crippen LogP contribution in [0.5, 0.6) is 5.75 Å². The fraction of sp³-hybridized carbons (Fsp3) is 0.0417. The molecule has 0 atom stereocenters. The van der Waals surface area contributed by atoms with Crippen molar-refractivity contribution in [1.82, 2.24) is 4.90 Å². The van der Waals surface area contributed by atoms with E-state index in [1.54, 1.807) is 12.1 Å². The van der Waals surface area contributed by atoms with Crippen LogP contribution in [0.2, 0.25) is 5.02 Å². The van der Waals surface area contributed by atoms with Gasteiger partial charge in [0.1, 0.15) is 11.6 Å². The van der Waals surface area contributed by atoms with Crippen molar-refractivity contribution in [3.63, 3.8) is 0 Å². The van der Waals surface area contributed by atoms with E-state index < -0.39 is 27.9 Å². The lowest BCUT2D eigenvalue weighted by Gasteiger charge is -2.14. The molecule has 0 aliphatic carbocycles. The molecule has 1 saturated heterocycles. The number of hydrogen-bond acceptors (Lipinski definition) is 7. The normalized spacial score (nSPS) is 14.5. The molecule has 0 bridgehead atoms. The van der Waals surface area contributed by atoms with E-state index in [9.17, 15) is 28.9 Å². The number of ether oxygens (including phenoxy) is 1. The van der Waals surface area contributed by atoms with Gasteiger partial charge in [-0.05, 0) is 53.7 Å². The summed E-state index contributed by atoms with van der Waals surface area (Å²) in [7, 11) is 0. The van der Waals surface area contributed by atoms with Gasteiger partial charge < -0.3 is 4.74 Å². The molecule has 0 spiro atoms. The summed E-state index contributed by atoms with van der Waals surface area (Å²) in [6.07, 6.45) is 1.49. The summed E-state index contributed by atoms with van der Waals surface area (Å²) in [5.41, 5.74) is 0.384. The Morgan fingerprint density at radius 1 is 1.11 bits per heavy atom. The van der Waals surface area contributed by atoms with E-state index in [2.05, 4.69) is 0 Å². The van der Waals surface area contributed by atoms with Gasteiger partial charge in [-0.3, -0.25) is 24.6 Å².